The van der Waals surface area contributed by atoms with Crippen molar-refractivity contribution in [3.05, 3.63) is 40.6 Å². The zero-order valence-corrected chi connectivity index (χ0v) is 11.5. The first-order valence-electron chi connectivity index (χ1n) is 6.53. The second-order valence-electron chi connectivity index (χ2n) is 5.02. The second-order valence-corrected chi connectivity index (χ2v) is 5.02. The molecule has 0 spiro atoms. The van der Waals surface area contributed by atoms with Gasteiger partial charge in [-0.25, -0.2) is 0 Å². The molecule has 6 nitrogen and oxygen atoms in total. The second kappa shape index (κ2) is 5.83. The number of benzene rings is 1. The summed E-state index contributed by atoms with van der Waals surface area (Å²) in [7, 11) is 0. The molecular weight excluding hydrogens is 256 g/mol. The minimum atomic E-state index is -0.392. The molecule has 0 aliphatic heterocycles. The lowest BCUT2D eigenvalue weighted by Gasteiger charge is -2.22. The average Bonchev–Trinajstić information content (AvgIpc) is 2.43. The molecule has 20 heavy (non-hydrogen) atoms. The zero-order chi connectivity index (χ0) is 14.7. The first-order chi connectivity index (χ1) is 9.54. The van der Waals surface area contributed by atoms with Gasteiger partial charge in [0.05, 0.1) is 16.0 Å². The lowest BCUT2D eigenvalue weighted by molar-refractivity contribution is -0.383. The first kappa shape index (κ1) is 14.2. The van der Waals surface area contributed by atoms with E-state index in [1.54, 1.807) is 24.4 Å². The van der Waals surface area contributed by atoms with Crippen LogP contribution in [0.4, 0.5) is 11.4 Å². The van der Waals surface area contributed by atoms with Crippen LogP contribution in [0.2, 0.25) is 0 Å². The van der Waals surface area contributed by atoms with E-state index in [2.05, 4.69) is 24.1 Å². The molecule has 0 bridgehead atoms. The standard InChI is InChI=1S/C14H18N4O2/c1-9(2)12(8-15)17-11-5-6-13(18(19)20)10-4-3-7-16-14(10)11/h3-7,9,12,17H,8,15H2,1-2H3. The van der Waals surface area contributed by atoms with Crippen molar-refractivity contribution >= 4 is 22.3 Å². The third-order valence-corrected chi connectivity index (χ3v) is 3.34. The van der Waals surface area contributed by atoms with Gasteiger partial charge in [0.2, 0.25) is 0 Å². The summed E-state index contributed by atoms with van der Waals surface area (Å²) in [5.74, 6) is 0.356. The smallest absolute Gasteiger partial charge is 0.278 e. The number of nitrogens with two attached hydrogens (primary N) is 1. The van der Waals surface area contributed by atoms with Crippen molar-refractivity contribution < 1.29 is 4.92 Å². The molecule has 1 aromatic carbocycles. The van der Waals surface area contributed by atoms with Gasteiger partial charge in [-0.2, -0.15) is 0 Å². The van der Waals surface area contributed by atoms with Gasteiger partial charge in [0.15, 0.2) is 0 Å². The molecule has 2 aromatic rings. The van der Waals surface area contributed by atoms with E-state index in [0.29, 0.717) is 23.4 Å². The largest absolute Gasteiger partial charge is 0.379 e. The molecule has 0 amide bonds. The summed E-state index contributed by atoms with van der Waals surface area (Å²) >= 11 is 0. The van der Waals surface area contributed by atoms with E-state index in [9.17, 15) is 10.1 Å². The van der Waals surface area contributed by atoms with E-state index in [1.807, 2.05) is 0 Å². The van der Waals surface area contributed by atoms with E-state index >= 15 is 0 Å². The van der Waals surface area contributed by atoms with Crippen LogP contribution in [0.25, 0.3) is 10.9 Å². The van der Waals surface area contributed by atoms with E-state index < -0.39 is 4.92 Å². The minimum absolute atomic E-state index is 0.0625. The summed E-state index contributed by atoms with van der Waals surface area (Å²) in [6.07, 6.45) is 1.63. The van der Waals surface area contributed by atoms with Gasteiger partial charge < -0.3 is 11.1 Å². The van der Waals surface area contributed by atoms with Gasteiger partial charge >= 0.3 is 0 Å². The molecule has 3 N–H and O–H groups in total. The van der Waals surface area contributed by atoms with Crippen molar-refractivity contribution in [1.29, 1.82) is 0 Å². The van der Waals surface area contributed by atoms with Gasteiger partial charge in [-0.05, 0) is 24.1 Å². The van der Waals surface area contributed by atoms with Crippen LogP contribution in [-0.2, 0) is 0 Å². The predicted molar refractivity (Wildman–Crippen MR) is 79.7 cm³/mol. The summed E-state index contributed by atoms with van der Waals surface area (Å²) in [5.41, 5.74) is 7.19. The summed E-state index contributed by atoms with van der Waals surface area (Å²) < 4.78 is 0. The molecule has 106 valence electrons. The van der Waals surface area contributed by atoms with E-state index in [1.165, 1.54) is 6.07 Å². The highest BCUT2D eigenvalue weighted by Gasteiger charge is 2.17. The van der Waals surface area contributed by atoms with Crippen molar-refractivity contribution in [2.45, 2.75) is 19.9 Å². The van der Waals surface area contributed by atoms with Crippen molar-refractivity contribution in [2.24, 2.45) is 11.7 Å². The Kier molecular flexibility index (Phi) is 4.14. The highest BCUT2D eigenvalue weighted by molar-refractivity contribution is 5.96. The van der Waals surface area contributed by atoms with Gasteiger partial charge in [-0.3, -0.25) is 15.1 Å². The maximum absolute atomic E-state index is 11.1. The summed E-state index contributed by atoms with van der Waals surface area (Å²) in [5, 5.41) is 14.9. The minimum Gasteiger partial charge on any atom is -0.379 e. The number of nitrogens with one attached hydrogen (secondary N) is 1. The fourth-order valence-corrected chi connectivity index (χ4v) is 2.13. The van der Waals surface area contributed by atoms with Gasteiger partial charge in [0, 0.05) is 24.8 Å². The molecule has 6 heteroatoms. The maximum Gasteiger partial charge on any atom is 0.278 e. The summed E-state index contributed by atoms with van der Waals surface area (Å²) in [6.45, 7) is 4.64. The number of nitro groups is 1. The van der Waals surface area contributed by atoms with Crippen molar-refractivity contribution in [3.8, 4) is 0 Å². The number of pyridine rings is 1. The molecule has 1 aromatic heterocycles. The average molecular weight is 274 g/mol. The number of fused-ring (bicyclic) bond motifs is 1. The van der Waals surface area contributed by atoms with E-state index in [-0.39, 0.29) is 11.7 Å². The Morgan fingerprint density at radius 3 is 2.75 bits per heavy atom. The zero-order valence-electron chi connectivity index (χ0n) is 11.5. The maximum atomic E-state index is 11.1. The summed E-state index contributed by atoms with van der Waals surface area (Å²) in [4.78, 5) is 14.9. The molecule has 0 fully saturated rings. The van der Waals surface area contributed by atoms with Crippen LogP contribution in [0.3, 0.4) is 0 Å². The fraction of sp³-hybridized carbons (Fsp3) is 0.357. The van der Waals surface area contributed by atoms with Gasteiger partial charge in [0.25, 0.3) is 5.69 Å². The summed E-state index contributed by atoms with van der Waals surface area (Å²) in [6, 6.07) is 6.70. The molecule has 0 saturated heterocycles. The number of anilines is 1. The fourth-order valence-electron chi connectivity index (χ4n) is 2.13. The quantitative estimate of drug-likeness (QED) is 0.645. The van der Waals surface area contributed by atoms with Crippen molar-refractivity contribution in [1.82, 2.24) is 4.98 Å². The number of nitro benzene ring substituents is 1. The number of hydrogen-bond donors (Lipinski definition) is 2. The Morgan fingerprint density at radius 1 is 1.40 bits per heavy atom. The Balaban J connectivity index is 2.50. The number of nitrogens with zero attached hydrogens (tertiary/aromatic N) is 2. The van der Waals surface area contributed by atoms with Crippen molar-refractivity contribution in [2.75, 3.05) is 11.9 Å². The lowest BCUT2D eigenvalue weighted by Crippen LogP contribution is -2.33. The molecule has 2 rings (SSSR count). The van der Waals surface area contributed by atoms with Gasteiger partial charge in [-0.1, -0.05) is 13.8 Å². The number of rotatable bonds is 5. The Labute approximate surface area is 117 Å². The van der Waals surface area contributed by atoms with Gasteiger partial charge in [-0.15, -0.1) is 0 Å². The number of aromatic nitrogens is 1. The Bertz CT molecular complexity index is 628. The van der Waals surface area contributed by atoms with E-state index in [4.69, 9.17) is 5.73 Å². The van der Waals surface area contributed by atoms with Gasteiger partial charge in [0.1, 0.15) is 5.52 Å². The SMILES string of the molecule is CC(C)C(CN)Nc1ccc([N+](=O)[O-])c2cccnc12. The van der Waals surface area contributed by atoms with Crippen molar-refractivity contribution in [3.63, 3.8) is 0 Å². The van der Waals surface area contributed by atoms with Crippen LogP contribution in [-0.4, -0.2) is 22.5 Å². The molecule has 0 radical (unpaired) electrons. The van der Waals surface area contributed by atoms with Crippen LogP contribution < -0.4 is 11.1 Å². The first-order valence-corrected chi connectivity index (χ1v) is 6.53. The highest BCUT2D eigenvalue weighted by atomic mass is 16.6. The molecule has 0 aliphatic carbocycles. The Hall–Kier alpha value is -2.21. The number of hydrogen-bond acceptors (Lipinski definition) is 5. The highest BCUT2D eigenvalue weighted by Crippen LogP contribution is 2.30. The monoisotopic (exact) mass is 274 g/mol. The third kappa shape index (κ3) is 2.70. The lowest BCUT2D eigenvalue weighted by atomic mass is 10.0. The van der Waals surface area contributed by atoms with Crippen LogP contribution in [0.15, 0.2) is 30.5 Å². The molecule has 0 aliphatic rings. The normalized spacial score (nSPS) is 12.6. The topological polar surface area (TPSA) is 94.1 Å². The molecule has 0 saturated carbocycles. The molecule has 1 unspecified atom stereocenters. The molecule has 1 atom stereocenters. The van der Waals surface area contributed by atoms with Crippen LogP contribution in [0.5, 0.6) is 0 Å². The predicted octanol–water partition coefficient (Wildman–Crippen LogP) is 2.54. The molecular formula is C14H18N4O2. The van der Waals surface area contributed by atoms with Crippen LogP contribution in [0, 0.1) is 16.0 Å². The third-order valence-electron chi connectivity index (χ3n) is 3.34. The Morgan fingerprint density at radius 2 is 2.15 bits per heavy atom. The van der Waals surface area contributed by atoms with Crippen LogP contribution in [0.1, 0.15) is 13.8 Å². The van der Waals surface area contributed by atoms with E-state index in [0.717, 1.165) is 5.69 Å². The number of non-ortho nitro benzene ring substituents is 1. The molecule has 1 heterocycles. The van der Waals surface area contributed by atoms with Crippen LogP contribution >= 0.6 is 0 Å².